The molecule has 0 saturated heterocycles. The maximum Gasteiger partial charge on any atom is 0.179 e. The van der Waals surface area contributed by atoms with E-state index in [1.165, 1.54) is 0 Å². The molecule has 0 N–H and O–H groups in total. The molecular weight excluding hydrogens is 312 g/mol. The lowest BCUT2D eigenvalue weighted by atomic mass is 10.0. The number of benzene rings is 1. The van der Waals surface area contributed by atoms with Crippen LogP contribution >= 0.6 is 34.2 Å². The van der Waals surface area contributed by atoms with Crippen LogP contribution in [-0.4, -0.2) is 5.78 Å². The maximum atomic E-state index is 11.6. The molecule has 72 valence electrons. The van der Waals surface area contributed by atoms with Crippen LogP contribution in [0.4, 0.5) is 0 Å². The average Bonchev–Trinajstić information content (AvgIpc) is 2.20. The molecule has 0 amide bonds. The Bertz CT molecular complexity index is 411. The zero-order chi connectivity index (χ0) is 10.7. The van der Waals surface area contributed by atoms with Gasteiger partial charge in [-0.25, -0.2) is 0 Å². The van der Waals surface area contributed by atoms with Gasteiger partial charge in [0, 0.05) is 9.13 Å². The van der Waals surface area contributed by atoms with Crippen molar-refractivity contribution in [3.63, 3.8) is 0 Å². The second-order valence-electron chi connectivity index (χ2n) is 2.84. The van der Waals surface area contributed by atoms with Crippen molar-refractivity contribution < 1.29 is 4.79 Å². The molecule has 0 aliphatic rings. The highest BCUT2D eigenvalue weighted by atomic mass is 127. The van der Waals surface area contributed by atoms with E-state index in [1.807, 2.05) is 6.07 Å². The summed E-state index contributed by atoms with van der Waals surface area (Å²) in [4.78, 5) is 11.6. The van der Waals surface area contributed by atoms with Crippen molar-refractivity contribution in [2.24, 2.45) is 5.92 Å². The Hall–Kier alpha value is -0.600. The van der Waals surface area contributed by atoms with Crippen LogP contribution in [0.15, 0.2) is 18.2 Å². The van der Waals surface area contributed by atoms with Gasteiger partial charge in [-0.15, -0.1) is 0 Å². The fourth-order valence-corrected chi connectivity index (χ4v) is 1.47. The number of Topliss-reactive ketones (excluding diaryl/α,β-unsaturated/α-hetero) is 1. The lowest BCUT2D eigenvalue weighted by molar-refractivity contribution is 0.0956. The molecule has 0 spiro atoms. The van der Waals surface area contributed by atoms with E-state index in [0.717, 1.165) is 3.57 Å². The Labute approximate surface area is 101 Å². The first-order chi connectivity index (χ1) is 6.56. The summed E-state index contributed by atoms with van der Waals surface area (Å²) in [5.74, 6) is -0.808. The Morgan fingerprint density at radius 1 is 1.64 bits per heavy atom. The van der Waals surface area contributed by atoms with Gasteiger partial charge < -0.3 is 0 Å². The van der Waals surface area contributed by atoms with Gasteiger partial charge in [0.05, 0.1) is 11.1 Å². The van der Waals surface area contributed by atoms with Gasteiger partial charge in [-0.2, -0.15) is 5.26 Å². The number of hydrogen-bond acceptors (Lipinski definition) is 2. The van der Waals surface area contributed by atoms with E-state index in [2.05, 4.69) is 22.6 Å². The van der Waals surface area contributed by atoms with E-state index >= 15 is 0 Å². The fraction of sp³-hybridized carbons (Fsp3) is 0.200. The number of nitrogens with zero attached hydrogens (tertiary/aromatic N) is 1. The molecule has 0 bridgehead atoms. The lowest BCUT2D eigenvalue weighted by Gasteiger charge is -2.03. The van der Waals surface area contributed by atoms with Gasteiger partial charge in [-0.05, 0) is 41.6 Å². The lowest BCUT2D eigenvalue weighted by Crippen LogP contribution is -2.08. The molecular formula is C10H7ClINO. The molecule has 1 aromatic carbocycles. The molecule has 14 heavy (non-hydrogen) atoms. The number of ketones is 1. The molecule has 1 aromatic rings. The summed E-state index contributed by atoms with van der Waals surface area (Å²) in [7, 11) is 0. The van der Waals surface area contributed by atoms with Crippen LogP contribution in [0.5, 0.6) is 0 Å². The van der Waals surface area contributed by atoms with Crippen LogP contribution in [0.25, 0.3) is 0 Å². The Morgan fingerprint density at radius 3 is 2.79 bits per heavy atom. The average molecular weight is 320 g/mol. The third kappa shape index (κ3) is 2.46. The number of halogens is 2. The van der Waals surface area contributed by atoms with Gasteiger partial charge in [0.25, 0.3) is 0 Å². The van der Waals surface area contributed by atoms with E-state index in [4.69, 9.17) is 16.9 Å². The molecule has 1 atom stereocenters. The Kier molecular flexibility index (Phi) is 3.90. The van der Waals surface area contributed by atoms with E-state index in [-0.39, 0.29) is 5.78 Å². The van der Waals surface area contributed by atoms with Crippen molar-refractivity contribution in [2.75, 3.05) is 0 Å². The number of rotatable bonds is 2. The normalized spacial score (nSPS) is 11.9. The van der Waals surface area contributed by atoms with E-state index in [9.17, 15) is 4.79 Å². The first kappa shape index (κ1) is 11.5. The highest BCUT2D eigenvalue weighted by Gasteiger charge is 2.14. The van der Waals surface area contributed by atoms with Crippen LogP contribution in [-0.2, 0) is 0 Å². The Balaban J connectivity index is 3.04. The van der Waals surface area contributed by atoms with Crippen molar-refractivity contribution in [1.29, 1.82) is 5.26 Å². The summed E-state index contributed by atoms with van der Waals surface area (Å²) < 4.78 is 0.894. The highest BCUT2D eigenvalue weighted by molar-refractivity contribution is 14.1. The number of carbonyl (C=O) groups is 1. The topological polar surface area (TPSA) is 40.9 Å². The molecule has 0 radical (unpaired) electrons. The zero-order valence-corrected chi connectivity index (χ0v) is 10.3. The SMILES string of the molecule is CC(C#N)C(=O)c1ccc(I)c(Cl)c1. The van der Waals surface area contributed by atoms with Crippen LogP contribution in [0.2, 0.25) is 5.02 Å². The minimum absolute atomic E-state index is 0.189. The van der Waals surface area contributed by atoms with Gasteiger partial charge in [0.2, 0.25) is 0 Å². The van der Waals surface area contributed by atoms with Gasteiger partial charge in [-0.1, -0.05) is 17.7 Å². The first-order valence-corrected chi connectivity index (χ1v) is 5.41. The van der Waals surface area contributed by atoms with Crippen LogP contribution < -0.4 is 0 Å². The van der Waals surface area contributed by atoms with Crippen molar-refractivity contribution in [1.82, 2.24) is 0 Å². The van der Waals surface area contributed by atoms with E-state index < -0.39 is 5.92 Å². The largest absolute Gasteiger partial charge is 0.293 e. The van der Waals surface area contributed by atoms with Crippen molar-refractivity contribution in [3.8, 4) is 6.07 Å². The van der Waals surface area contributed by atoms with Crippen LogP contribution in [0, 0.1) is 20.8 Å². The third-order valence-electron chi connectivity index (χ3n) is 1.79. The molecule has 0 aliphatic heterocycles. The standard InChI is InChI=1S/C10H7ClINO/c1-6(5-13)10(14)7-2-3-9(12)8(11)4-7/h2-4,6H,1H3. The molecule has 0 fully saturated rings. The summed E-state index contributed by atoms with van der Waals surface area (Å²) >= 11 is 7.95. The Morgan fingerprint density at radius 2 is 2.29 bits per heavy atom. The van der Waals surface area contributed by atoms with Crippen molar-refractivity contribution in [3.05, 3.63) is 32.4 Å². The summed E-state index contributed by atoms with van der Waals surface area (Å²) in [6, 6.07) is 6.95. The van der Waals surface area contributed by atoms with Crippen molar-refractivity contribution in [2.45, 2.75) is 6.92 Å². The monoisotopic (exact) mass is 319 g/mol. The molecule has 0 aliphatic carbocycles. The number of hydrogen-bond donors (Lipinski definition) is 0. The second-order valence-corrected chi connectivity index (χ2v) is 4.41. The highest BCUT2D eigenvalue weighted by Crippen LogP contribution is 2.21. The molecule has 0 aromatic heterocycles. The molecule has 2 nitrogen and oxygen atoms in total. The minimum atomic E-state index is -0.619. The summed E-state index contributed by atoms with van der Waals surface area (Å²) in [6.07, 6.45) is 0. The summed E-state index contributed by atoms with van der Waals surface area (Å²) in [6.45, 7) is 1.58. The predicted octanol–water partition coefficient (Wildman–Crippen LogP) is 3.29. The van der Waals surface area contributed by atoms with Gasteiger partial charge in [-0.3, -0.25) is 4.79 Å². The molecule has 0 saturated carbocycles. The zero-order valence-electron chi connectivity index (χ0n) is 7.42. The van der Waals surface area contributed by atoms with Gasteiger partial charge >= 0.3 is 0 Å². The van der Waals surface area contributed by atoms with E-state index in [0.29, 0.717) is 10.6 Å². The van der Waals surface area contributed by atoms with Crippen molar-refractivity contribution >= 4 is 40.0 Å². The first-order valence-electron chi connectivity index (χ1n) is 3.95. The molecule has 4 heteroatoms. The minimum Gasteiger partial charge on any atom is -0.293 e. The van der Waals surface area contributed by atoms with Gasteiger partial charge in [0.15, 0.2) is 5.78 Å². The molecule has 1 unspecified atom stereocenters. The number of carbonyl (C=O) groups excluding carboxylic acids is 1. The second kappa shape index (κ2) is 4.76. The van der Waals surface area contributed by atoms with Crippen LogP contribution in [0.3, 0.4) is 0 Å². The van der Waals surface area contributed by atoms with Crippen LogP contribution in [0.1, 0.15) is 17.3 Å². The maximum absolute atomic E-state index is 11.6. The molecule has 1 rings (SSSR count). The predicted molar refractivity (Wildman–Crippen MR) is 63.3 cm³/mol. The quantitative estimate of drug-likeness (QED) is 0.620. The third-order valence-corrected chi connectivity index (χ3v) is 3.36. The number of nitriles is 1. The fourth-order valence-electron chi connectivity index (χ4n) is 0.958. The molecule has 0 heterocycles. The summed E-state index contributed by atoms with van der Waals surface area (Å²) in [5, 5.41) is 9.13. The van der Waals surface area contributed by atoms with E-state index in [1.54, 1.807) is 25.1 Å². The smallest absolute Gasteiger partial charge is 0.179 e. The summed E-state index contributed by atoms with van der Waals surface area (Å²) in [5.41, 5.74) is 0.490. The van der Waals surface area contributed by atoms with Gasteiger partial charge in [0.1, 0.15) is 5.92 Å².